The Bertz CT molecular complexity index is 685. The lowest BCUT2D eigenvalue weighted by molar-refractivity contribution is 0.222. The third-order valence-electron chi connectivity index (χ3n) is 2.96. The maximum absolute atomic E-state index is 5.58. The van der Waals surface area contributed by atoms with E-state index in [1.165, 1.54) is 0 Å². The average Bonchev–Trinajstić information content (AvgIpc) is 3.24. The second-order valence-corrected chi connectivity index (χ2v) is 5.30. The molecule has 0 bridgehead atoms. The zero-order valence-corrected chi connectivity index (χ0v) is 13.5. The van der Waals surface area contributed by atoms with Crippen molar-refractivity contribution in [2.75, 3.05) is 10.6 Å². The second kappa shape index (κ2) is 7.49. The number of hydrogen-bond donors (Lipinski definition) is 2. The van der Waals surface area contributed by atoms with E-state index in [1.807, 2.05) is 38.1 Å². The molecular weight excluding hydrogens is 310 g/mol. The van der Waals surface area contributed by atoms with Crippen LogP contribution in [0.2, 0.25) is 0 Å². The molecule has 0 aliphatic carbocycles. The van der Waals surface area contributed by atoms with Crippen LogP contribution in [0.15, 0.2) is 45.6 Å². The number of furan rings is 2. The summed E-state index contributed by atoms with van der Waals surface area (Å²) in [6.07, 6.45) is 3.20. The van der Waals surface area contributed by atoms with E-state index in [0.717, 1.165) is 11.5 Å². The van der Waals surface area contributed by atoms with Gasteiger partial charge < -0.3 is 24.2 Å². The van der Waals surface area contributed by atoms with E-state index in [4.69, 9.17) is 13.6 Å². The molecule has 8 heteroatoms. The van der Waals surface area contributed by atoms with Crippen molar-refractivity contribution in [2.24, 2.45) is 0 Å². The van der Waals surface area contributed by atoms with Gasteiger partial charge in [-0.05, 0) is 38.1 Å². The molecule has 126 valence electrons. The van der Waals surface area contributed by atoms with E-state index >= 15 is 0 Å². The molecular formula is C16H19N5O3. The van der Waals surface area contributed by atoms with Crippen molar-refractivity contribution in [3.8, 4) is 6.01 Å². The van der Waals surface area contributed by atoms with Crippen LogP contribution in [0.4, 0.5) is 11.9 Å². The maximum atomic E-state index is 5.58. The van der Waals surface area contributed by atoms with Crippen LogP contribution in [-0.2, 0) is 13.1 Å². The largest absolute Gasteiger partial charge is 0.467 e. The van der Waals surface area contributed by atoms with E-state index < -0.39 is 0 Å². The number of rotatable bonds is 8. The summed E-state index contributed by atoms with van der Waals surface area (Å²) in [5.74, 6) is 2.37. The van der Waals surface area contributed by atoms with Gasteiger partial charge >= 0.3 is 6.01 Å². The number of ether oxygens (including phenoxy) is 1. The minimum Gasteiger partial charge on any atom is -0.467 e. The molecule has 3 aromatic heterocycles. The molecule has 0 saturated heterocycles. The lowest BCUT2D eigenvalue weighted by Gasteiger charge is -2.11. The van der Waals surface area contributed by atoms with Gasteiger partial charge in [-0.15, -0.1) is 0 Å². The summed E-state index contributed by atoms with van der Waals surface area (Å²) in [7, 11) is 0. The summed E-state index contributed by atoms with van der Waals surface area (Å²) in [5, 5.41) is 6.19. The quantitative estimate of drug-likeness (QED) is 0.650. The van der Waals surface area contributed by atoms with Gasteiger partial charge in [0.15, 0.2) is 0 Å². The fourth-order valence-corrected chi connectivity index (χ4v) is 1.94. The molecule has 0 radical (unpaired) electrons. The Morgan fingerprint density at radius 3 is 1.88 bits per heavy atom. The van der Waals surface area contributed by atoms with Crippen molar-refractivity contribution >= 4 is 11.9 Å². The SMILES string of the molecule is CC(C)Oc1nc(NCc2ccco2)nc(NCc2ccco2)n1. The van der Waals surface area contributed by atoms with E-state index in [1.54, 1.807) is 12.5 Å². The zero-order valence-electron chi connectivity index (χ0n) is 13.5. The van der Waals surface area contributed by atoms with Crippen LogP contribution in [0.1, 0.15) is 25.4 Å². The number of nitrogens with zero attached hydrogens (tertiary/aromatic N) is 3. The van der Waals surface area contributed by atoms with Crippen LogP contribution in [0.5, 0.6) is 6.01 Å². The van der Waals surface area contributed by atoms with Gasteiger partial charge in [0, 0.05) is 0 Å². The highest BCUT2D eigenvalue weighted by atomic mass is 16.5. The highest BCUT2D eigenvalue weighted by Gasteiger charge is 2.10. The Labute approximate surface area is 139 Å². The molecule has 3 heterocycles. The molecule has 0 fully saturated rings. The van der Waals surface area contributed by atoms with Gasteiger partial charge in [0.05, 0.1) is 31.7 Å². The summed E-state index contributed by atoms with van der Waals surface area (Å²) in [6.45, 7) is 4.76. The Hall–Kier alpha value is -3.03. The van der Waals surface area contributed by atoms with Gasteiger partial charge in [0.1, 0.15) is 11.5 Å². The molecule has 0 aromatic carbocycles. The van der Waals surface area contributed by atoms with E-state index in [2.05, 4.69) is 25.6 Å². The number of hydrogen-bond acceptors (Lipinski definition) is 8. The predicted octanol–water partition coefficient (Wildman–Crippen LogP) is 3.07. The number of nitrogens with one attached hydrogen (secondary N) is 2. The molecule has 0 atom stereocenters. The number of aromatic nitrogens is 3. The molecule has 3 rings (SSSR count). The molecule has 0 saturated carbocycles. The van der Waals surface area contributed by atoms with Gasteiger partial charge in [0.25, 0.3) is 0 Å². The highest BCUT2D eigenvalue weighted by molar-refractivity contribution is 5.36. The van der Waals surface area contributed by atoms with Gasteiger partial charge in [-0.25, -0.2) is 0 Å². The fraction of sp³-hybridized carbons (Fsp3) is 0.312. The van der Waals surface area contributed by atoms with E-state index in [-0.39, 0.29) is 12.1 Å². The Morgan fingerprint density at radius 1 is 0.917 bits per heavy atom. The molecule has 0 aliphatic heterocycles. The van der Waals surface area contributed by atoms with E-state index in [9.17, 15) is 0 Å². The normalized spacial score (nSPS) is 10.8. The van der Waals surface area contributed by atoms with Crippen molar-refractivity contribution < 1.29 is 13.6 Å². The molecule has 2 N–H and O–H groups in total. The van der Waals surface area contributed by atoms with Crippen LogP contribution in [0.25, 0.3) is 0 Å². The van der Waals surface area contributed by atoms with Crippen LogP contribution in [0, 0.1) is 0 Å². The number of anilines is 2. The van der Waals surface area contributed by atoms with Crippen molar-refractivity contribution in [3.63, 3.8) is 0 Å². The first-order valence-corrected chi connectivity index (χ1v) is 7.64. The van der Waals surface area contributed by atoms with Gasteiger partial charge in [-0.1, -0.05) is 0 Å². The Morgan fingerprint density at radius 2 is 1.46 bits per heavy atom. The summed E-state index contributed by atoms with van der Waals surface area (Å²) in [5.41, 5.74) is 0. The summed E-state index contributed by atoms with van der Waals surface area (Å²) >= 11 is 0. The Kier molecular flexibility index (Phi) is 4.95. The van der Waals surface area contributed by atoms with E-state index in [0.29, 0.717) is 25.0 Å². The van der Waals surface area contributed by atoms with Crippen LogP contribution in [0.3, 0.4) is 0 Å². The smallest absolute Gasteiger partial charge is 0.323 e. The van der Waals surface area contributed by atoms with Gasteiger partial charge in [-0.2, -0.15) is 15.0 Å². The second-order valence-electron chi connectivity index (χ2n) is 5.30. The van der Waals surface area contributed by atoms with Crippen molar-refractivity contribution in [1.82, 2.24) is 15.0 Å². The van der Waals surface area contributed by atoms with Gasteiger partial charge in [-0.3, -0.25) is 0 Å². The van der Waals surface area contributed by atoms with Crippen molar-refractivity contribution in [2.45, 2.75) is 33.0 Å². The molecule has 0 unspecified atom stereocenters. The monoisotopic (exact) mass is 329 g/mol. The summed E-state index contributed by atoms with van der Waals surface area (Å²) < 4.78 is 16.1. The topological polar surface area (TPSA) is 98.2 Å². The van der Waals surface area contributed by atoms with Crippen LogP contribution in [-0.4, -0.2) is 21.1 Å². The molecule has 0 amide bonds. The first kappa shape index (κ1) is 15.9. The average molecular weight is 329 g/mol. The summed E-state index contributed by atoms with van der Waals surface area (Å²) in [6, 6.07) is 7.65. The highest BCUT2D eigenvalue weighted by Crippen LogP contribution is 2.14. The third-order valence-corrected chi connectivity index (χ3v) is 2.96. The van der Waals surface area contributed by atoms with Crippen molar-refractivity contribution in [1.29, 1.82) is 0 Å². The van der Waals surface area contributed by atoms with Crippen molar-refractivity contribution in [3.05, 3.63) is 48.3 Å². The third kappa shape index (κ3) is 4.48. The lowest BCUT2D eigenvalue weighted by Crippen LogP contribution is -2.13. The fourth-order valence-electron chi connectivity index (χ4n) is 1.94. The molecule has 8 nitrogen and oxygen atoms in total. The standard InChI is InChI=1S/C16H19N5O3/c1-11(2)24-16-20-14(17-9-12-5-3-7-22-12)19-15(21-16)18-10-13-6-4-8-23-13/h3-8,11H,9-10H2,1-2H3,(H2,17,18,19,20,21). The molecule has 3 aromatic rings. The molecule has 24 heavy (non-hydrogen) atoms. The minimum absolute atomic E-state index is 0.0387. The van der Waals surface area contributed by atoms with Gasteiger partial charge in [0.2, 0.25) is 11.9 Å². The zero-order chi connectivity index (χ0) is 16.8. The Balaban J connectivity index is 1.71. The first-order valence-electron chi connectivity index (χ1n) is 7.64. The molecule has 0 aliphatic rings. The maximum Gasteiger partial charge on any atom is 0.323 e. The lowest BCUT2D eigenvalue weighted by atomic mass is 10.4. The minimum atomic E-state index is -0.0387. The molecule has 0 spiro atoms. The van der Waals surface area contributed by atoms with Crippen LogP contribution < -0.4 is 15.4 Å². The van der Waals surface area contributed by atoms with Crippen LogP contribution >= 0.6 is 0 Å². The first-order chi connectivity index (χ1) is 11.7. The summed E-state index contributed by atoms with van der Waals surface area (Å²) in [4.78, 5) is 12.8. The predicted molar refractivity (Wildman–Crippen MR) is 87.7 cm³/mol.